The molecule has 2 aliphatic rings. The van der Waals surface area contributed by atoms with Crippen LogP contribution >= 0.6 is 0 Å². The summed E-state index contributed by atoms with van der Waals surface area (Å²) in [5.41, 5.74) is 3.30. The molecule has 0 unspecified atom stereocenters. The summed E-state index contributed by atoms with van der Waals surface area (Å²) in [4.78, 5) is 30.1. The molecule has 1 aliphatic carbocycles. The number of ether oxygens (including phenoxy) is 3. The average molecular weight is 531 g/mol. The number of phenolic OH excluding ortho intramolecular Hbond substituents is 1. The second-order valence-corrected chi connectivity index (χ2v) is 10.1. The Morgan fingerprint density at radius 2 is 1.72 bits per heavy atom. The Labute approximate surface area is 228 Å². The van der Waals surface area contributed by atoms with Gasteiger partial charge in [-0.1, -0.05) is 31.0 Å². The number of nitrogens with zero attached hydrogens (tertiary/aromatic N) is 1. The zero-order valence-corrected chi connectivity index (χ0v) is 22.5. The van der Waals surface area contributed by atoms with Gasteiger partial charge in [0.15, 0.2) is 23.0 Å². The molecule has 1 fully saturated rings. The van der Waals surface area contributed by atoms with E-state index in [1.165, 1.54) is 13.2 Å². The summed E-state index contributed by atoms with van der Waals surface area (Å²) in [7, 11) is 1.45. The number of carbonyl (C=O) groups excluding carboxylic acids is 2. The van der Waals surface area contributed by atoms with Crippen LogP contribution in [0.2, 0.25) is 0 Å². The van der Waals surface area contributed by atoms with Crippen molar-refractivity contribution in [2.24, 2.45) is 0 Å². The monoisotopic (exact) mass is 530 g/mol. The predicted octanol–water partition coefficient (Wildman–Crippen LogP) is 5.24. The van der Waals surface area contributed by atoms with Gasteiger partial charge in [-0.25, -0.2) is 0 Å². The van der Waals surface area contributed by atoms with Crippen LogP contribution in [0.4, 0.5) is 5.69 Å². The summed E-state index contributed by atoms with van der Waals surface area (Å²) >= 11 is 0. The highest BCUT2D eigenvalue weighted by Gasteiger charge is 2.36. The van der Waals surface area contributed by atoms with E-state index in [-0.39, 0.29) is 29.4 Å². The topological polar surface area (TPSA) is 97.3 Å². The Morgan fingerprint density at radius 1 is 0.974 bits per heavy atom. The van der Waals surface area contributed by atoms with Crippen molar-refractivity contribution in [2.45, 2.75) is 51.6 Å². The van der Waals surface area contributed by atoms with Crippen LogP contribution in [0.15, 0.2) is 54.6 Å². The molecule has 2 N–H and O–H groups in total. The summed E-state index contributed by atoms with van der Waals surface area (Å²) in [6.45, 7) is 4.71. The summed E-state index contributed by atoms with van der Waals surface area (Å²) in [5, 5.41) is 13.5. The maximum Gasteiger partial charge on any atom is 0.259 e. The van der Waals surface area contributed by atoms with Gasteiger partial charge < -0.3 is 24.6 Å². The number of carbonyl (C=O) groups is 2. The highest BCUT2D eigenvalue weighted by molar-refractivity contribution is 6.11. The van der Waals surface area contributed by atoms with Gasteiger partial charge in [0.2, 0.25) is 5.91 Å². The number of anilines is 1. The Morgan fingerprint density at radius 3 is 2.46 bits per heavy atom. The number of aryl methyl sites for hydroxylation is 2. The standard InChI is InChI=1S/C31H34N2O6/c1-19-8-9-20(2)24(16-19)33(31(36)22-11-13-26-28(18-22)39-15-14-38-26)29(30(35)32-23-6-4-5-7-23)21-10-12-25(34)27(17-21)37-3/h8-13,16-18,23,29,34H,4-7,14-15H2,1-3H3,(H,32,35)/t29-/m1/s1. The zero-order chi connectivity index (χ0) is 27.5. The summed E-state index contributed by atoms with van der Waals surface area (Å²) in [6.07, 6.45) is 3.91. The van der Waals surface area contributed by atoms with Crippen molar-refractivity contribution in [3.05, 3.63) is 76.9 Å². The number of hydrogen-bond donors (Lipinski definition) is 2. The molecule has 1 atom stereocenters. The first-order valence-electron chi connectivity index (χ1n) is 13.3. The quantitative estimate of drug-likeness (QED) is 0.434. The minimum absolute atomic E-state index is 0.0452. The SMILES string of the molecule is COc1cc([C@H](C(=O)NC2CCCC2)N(C(=O)c2ccc3c(c2)OCCO3)c2cc(C)ccc2C)ccc1O. The Balaban J connectivity index is 1.66. The molecule has 0 spiro atoms. The molecular formula is C31H34N2O6. The number of nitrogens with one attached hydrogen (secondary N) is 1. The fraction of sp³-hybridized carbons (Fsp3) is 0.355. The summed E-state index contributed by atoms with van der Waals surface area (Å²) < 4.78 is 16.8. The Bertz CT molecular complexity index is 1380. The number of phenols is 1. The van der Waals surface area contributed by atoms with Crippen LogP contribution in [0.5, 0.6) is 23.0 Å². The van der Waals surface area contributed by atoms with E-state index in [9.17, 15) is 14.7 Å². The van der Waals surface area contributed by atoms with Crippen LogP contribution in [0.1, 0.15) is 58.8 Å². The van der Waals surface area contributed by atoms with Gasteiger partial charge in [0.1, 0.15) is 19.3 Å². The molecule has 0 radical (unpaired) electrons. The third-order valence-electron chi connectivity index (χ3n) is 7.36. The molecule has 8 heteroatoms. The molecular weight excluding hydrogens is 496 g/mol. The molecule has 1 heterocycles. The van der Waals surface area contributed by atoms with Crippen molar-refractivity contribution in [2.75, 3.05) is 25.2 Å². The fourth-order valence-electron chi connectivity index (χ4n) is 5.29. The van der Waals surface area contributed by atoms with Gasteiger partial charge in [0.25, 0.3) is 5.91 Å². The predicted molar refractivity (Wildman–Crippen MR) is 148 cm³/mol. The largest absolute Gasteiger partial charge is 0.504 e. The maximum atomic E-state index is 14.4. The lowest BCUT2D eigenvalue weighted by molar-refractivity contribution is -0.123. The van der Waals surface area contributed by atoms with Gasteiger partial charge in [0, 0.05) is 17.3 Å². The van der Waals surface area contributed by atoms with Crippen molar-refractivity contribution in [1.29, 1.82) is 0 Å². The molecule has 1 saturated carbocycles. The van der Waals surface area contributed by atoms with Crippen LogP contribution in [0.25, 0.3) is 0 Å². The van der Waals surface area contributed by atoms with Gasteiger partial charge >= 0.3 is 0 Å². The molecule has 1 aliphatic heterocycles. The van der Waals surface area contributed by atoms with Crippen LogP contribution in [-0.2, 0) is 4.79 Å². The molecule has 3 aromatic carbocycles. The van der Waals surface area contributed by atoms with Crippen molar-refractivity contribution < 1.29 is 28.9 Å². The lowest BCUT2D eigenvalue weighted by Crippen LogP contribution is -2.46. The molecule has 5 rings (SSSR count). The van der Waals surface area contributed by atoms with E-state index in [2.05, 4.69) is 5.32 Å². The highest BCUT2D eigenvalue weighted by Crippen LogP contribution is 2.38. The van der Waals surface area contributed by atoms with E-state index in [0.717, 1.165) is 36.8 Å². The molecule has 0 bridgehead atoms. The molecule has 2 amide bonds. The second kappa shape index (κ2) is 11.3. The Hall–Kier alpha value is -4.20. The third kappa shape index (κ3) is 5.50. The van der Waals surface area contributed by atoms with E-state index < -0.39 is 6.04 Å². The average Bonchev–Trinajstić information content (AvgIpc) is 3.46. The normalized spacial score (nSPS) is 15.5. The summed E-state index contributed by atoms with van der Waals surface area (Å²) in [6, 6.07) is 14.7. The smallest absolute Gasteiger partial charge is 0.259 e. The van der Waals surface area contributed by atoms with E-state index in [1.807, 2.05) is 32.0 Å². The molecule has 3 aromatic rings. The van der Waals surface area contributed by atoms with Crippen LogP contribution < -0.4 is 24.4 Å². The number of rotatable bonds is 7. The first-order valence-corrected chi connectivity index (χ1v) is 13.3. The van der Waals surface area contributed by atoms with E-state index in [0.29, 0.717) is 41.5 Å². The zero-order valence-electron chi connectivity index (χ0n) is 22.5. The third-order valence-corrected chi connectivity index (χ3v) is 7.36. The Kier molecular flexibility index (Phi) is 7.63. The van der Waals surface area contributed by atoms with E-state index in [1.54, 1.807) is 35.2 Å². The summed E-state index contributed by atoms with van der Waals surface area (Å²) in [5.74, 6) is 0.591. The van der Waals surface area contributed by atoms with Crippen molar-refractivity contribution in [1.82, 2.24) is 5.32 Å². The number of hydrogen-bond acceptors (Lipinski definition) is 6. The molecule has 0 aromatic heterocycles. The van der Waals surface area contributed by atoms with Crippen molar-refractivity contribution >= 4 is 17.5 Å². The van der Waals surface area contributed by atoms with Crippen LogP contribution in [-0.4, -0.2) is 43.3 Å². The number of fused-ring (bicyclic) bond motifs is 1. The molecule has 204 valence electrons. The van der Waals surface area contributed by atoms with Gasteiger partial charge in [-0.2, -0.15) is 0 Å². The lowest BCUT2D eigenvalue weighted by Gasteiger charge is -2.34. The number of benzene rings is 3. The lowest BCUT2D eigenvalue weighted by atomic mass is 9.98. The number of aromatic hydroxyl groups is 1. The van der Waals surface area contributed by atoms with Gasteiger partial charge in [0.05, 0.1) is 7.11 Å². The second-order valence-electron chi connectivity index (χ2n) is 10.1. The maximum absolute atomic E-state index is 14.4. The molecule has 8 nitrogen and oxygen atoms in total. The number of amides is 2. The van der Waals surface area contributed by atoms with Gasteiger partial charge in [-0.05, 0) is 79.8 Å². The van der Waals surface area contributed by atoms with E-state index >= 15 is 0 Å². The van der Waals surface area contributed by atoms with Crippen molar-refractivity contribution in [3.8, 4) is 23.0 Å². The van der Waals surface area contributed by atoms with E-state index in [4.69, 9.17) is 14.2 Å². The van der Waals surface area contributed by atoms with Gasteiger partial charge in [-0.3, -0.25) is 14.5 Å². The minimum Gasteiger partial charge on any atom is -0.504 e. The van der Waals surface area contributed by atoms with Crippen molar-refractivity contribution in [3.63, 3.8) is 0 Å². The van der Waals surface area contributed by atoms with Crippen LogP contribution in [0, 0.1) is 13.8 Å². The van der Waals surface area contributed by atoms with Crippen LogP contribution in [0.3, 0.4) is 0 Å². The molecule has 39 heavy (non-hydrogen) atoms. The minimum atomic E-state index is -1.03. The van der Waals surface area contributed by atoms with Gasteiger partial charge in [-0.15, -0.1) is 0 Å². The number of methoxy groups -OCH3 is 1. The fourth-order valence-corrected chi connectivity index (χ4v) is 5.29. The molecule has 0 saturated heterocycles. The first-order chi connectivity index (χ1) is 18.9. The first kappa shape index (κ1) is 26.4. The highest BCUT2D eigenvalue weighted by atomic mass is 16.6.